The first-order valence-electron chi connectivity index (χ1n) is 9.42. The number of hydrogen-bond donors (Lipinski definition) is 1. The normalized spacial score (nSPS) is 14.8. The smallest absolute Gasteiger partial charge is 0.196 e. The zero-order chi connectivity index (χ0) is 20.2. The molecule has 1 fully saturated rings. The number of amidine groups is 1. The number of anilines is 1. The number of nitrogens with zero attached hydrogens (tertiary/aromatic N) is 2. The quantitative estimate of drug-likeness (QED) is 0.403. The number of nitrogens with one attached hydrogen (secondary N) is 1. The van der Waals surface area contributed by atoms with Gasteiger partial charge in [0.05, 0.1) is 11.1 Å². The maximum Gasteiger partial charge on any atom is 0.196 e. The molecule has 148 valence electrons. The third-order valence-electron chi connectivity index (χ3n) is 4.70. The summed E-state index contributed by atoms with van der Waals surface area (Å²) in [5.41, 5.74) is 4.80. The molecule has 0 atom stereocenters. The average molecular weight is 407 g/mol. The average Bonchev–Trinajstić information content (AvgIpc) is 2.75. The summed E-state index contributed by atoms with van der Waals surface area (Å²) < 4.78 is 5.97. The summed E-state index contributed by atoms with van der Waals surface area (Å²) in [5.74, 6) is 2.82. The van der Waals surface area contributed by atoms with E-state index < -0.39 is 0 Å². The molecule has 1 aromatic heterocycles. The van der Waals surface area contributed by atoms with Crippen LogP contribution in [0.15, 0.2) is 68.9 Å². The first-order valence-corrected chi connectivity index (χ1v) is 10.6. The number of ketones is 1. The molecular formula is C22H21N3O3S. The van der Waals surface area contributed by atoms with Crippen LogP contribution in [0.25, 0.3) is 22.3 Å². The number of fused-ring (bicyclic) bond motifs is 1. The summed E-state index contributed by atoms with van der Waals surface area (Å²) in [6, 6.07) is 16.2. The van der Waals surface area contributed by atoms with Crippen LogP contribution in [0.5, 0.6) is 0 Å². The minimum Gasteiger partial charge on any atom is -0.456 e. The number of rotatable bonds is 4. The predicted octanol–water partition coefficient (Wildman–Crippen LogP) is 3.82. The van der Waals surface area contributed by atoms with Gasteiger partial charge in [0.15, 0.2) is 17.0 Å². The molecule has 3 aromatic rings. The molecule has 0 unspecified atom stereocenters. The van der Waals surface area contributed by atoms with Crippen LogP contribution in [0.4, 0.5) is 5.69 Å². The van der Waals surface area contributed by atoms with Crippen LogP contribution in [0.2, 0.25) is 0 Å². The monoisotopic (exact) mass is 407 g/mol. The number of hydrogen-bond acceptors (Lipinski definition) is 6. The van der Waals surface area contributed by atoms with Crippen molar-refractivity contribution < 1.29 is 9.21 Å². The van der Waals surface area contributed by atoms with Gasteiger partial charge in [0.1, 0.15) is 11.3 Å². The van der Waals surface area contributed by atoms with Gasteiger partial charge in [0.25, 0.3) is 0 Å². The molecule has 6 nitrogen and oxygen atoms in total. The number of benzene rings is 2. The molecule has 0 bridgehead atoms. The van der Waals surface area contributed by atoms with Crippen molar-refractivity contribution in [3.63, 3.8) is 0 Å². The Kier molecular flexibility index (Phi) is 5.67. The van der Waals surface area contributed by atoms with Crippen molar-refractivity contribution in [1.82, 2.24) is 4.90 Å². The Morgan fingerprint density at radius 3 is 2.59 bits per heavy atom. The maximum atomic E-state index is 12.5. The van der Waals surface area contributed by atoms with Gasteiger partial charge in [-0.15, -0.1) is 0 Å². The van der Waals surface area contributed by atoms with Crippen molar-refractivity contribution in [2.45, 2.75) is 6.92 Å². The highest BCUT2D eigenvalue weighted by Gasteiger charge is 2.19. The zero-order valence-corrected chi connectivity index (χ0v) is 16.9. The Balaban J connectivity index is 1.65. The van der Waals surface area contributed by atoms with E-state index in [0.717, 1.165) is 30.2 Å². The minimum atomic E-state index is -0.101. The lowest BCUT2D eigenvalue weighted by Gasteiger charge is -2.28. The summed E-state index contributed by atoms with van der Waals surface area (Å²) in [4.78, 5) is 26.5. The molecule has 1 saturated heterocycles. The molecule has 0 saturated carbocycles. The van der Waals surface area contributed by atoms with E-state index in [1.54, 1.807) is 18.2 Å². The molecule has 2 aromatic carbocycles. The van der Waals surface area contributed by atoms with E-state index in [1.807, 2.05) is 47.0 Å². The molecular weight excluding hydrogens is 386 g/mol. The standard InChI is InChI=1S/C22H21N3O3S/c1-15(26)22(25-9-11-29-12-10-25)24-23-17-7-8-18-19(27)14-20(28-21(18)13-17)16-5-3-2-4-6-16/h2-8,13-14,23H,9-12H2,1H3/b24-22-. The number of carbonyl (C=O) groups excluding carboxylic acids is 1. The highest BCUT2D eigenvalue weighted by molar-refractivity contribution is 7.99. The first-order chi connectivity index (χ1) is 14.1. The highest BCUT2D eigenvalue weighted by Crippen LogP contribution is 2.24. The molecule has 4 rings (SSSR count). The second-order valence-electron chi connectivity index (χ2n) is 6.75. The Morgan fingerprint density at radius 2 is 1.86 bits per heavy atom. The van der Waals surface area contributed by atoms with Crippen molar-refractivity contribution in [2.24, 2.45) is 5.10 Å². The van der Waals surface area contributed by atoms with Gasteiger partial charge in [0, 0.05) is 49.2 Å². The molecule has 0 aliphatic carbocycles. The van der Waals surface area contributed by atoms with E-state index >= 15 is 0 Å². The third kappa shape index (κ3) is 4.35. The van der Waals surface area contributed by atoms with Crippen LogP contribution in [0.1, 0.15) is 6.92 Å². The van der Waals surface area contributed by atoms with Gasteiger partial charge < -0.3 is 9.32 Å². The minimum absolute atomic E-state index is 0.0805. The molecule has 29 heavy (non-hydrogen) atoms. The van der Waals surface area contributed by atoms with Crippen molar-refractivity contribution in [1.29, 1.82) is 0 Å². The first kappa shape index (κ1) is 19.3. The molecule has 0 amide bonds. The number of carbonyl (C=O) groups is 1. The molecule has 0 radical (unpaired) electrons. The van der Waals surface area contributed by atoms with Crippen molar-refractivity contribution >= 4 is 40.0 Å². The van der Waals surface area contributed by atoms with Crippen LogP contribution < -0.4 is 10.9 Å². The van der Waals surface area contributed by atoms with Crippen LogP contribution in [0.3, 0.4) is 0 Å². The third-order valence-corrected chi connectivity index (χ3v) is 5.65. The van der Waals surface area contributed by atoms with E-state index in [9.17, 15) is 9.59 Å². The summed E-state index contributed by atoms with van der Waals surface area (Å²) in [6.45, 7) is 3.13. The second-order valence-corrected chi connectivity index (χ2v) is 7.98. The van der Waals surface area contributed by atoms with Crippen molar-refractivity contribution in [3.8, 4) is 11.3 Å². The predicted molar refractivity (Wildman–Crippen MR) is 119 cm³/mol. The molecule has 7 heteroatoms. The lowest BCUT2D eigenvalue weighted by Crippen LogP contribution is -2.41. The van der Waals surface area contributed by atoms with Gasteiger partial charge in [-0.25, -0.2) is 0 Å². The molecule has 1 aliphatic heterocycles. The lowest BCUT2D eigenvalue weighted by molar-refractivity contribution is -0.111. The van der Waals surface area contributed by atoms with E-state index in [1.165, 1.54) is 13.0 Å². The fraction of sp³-hybridized carbons (Fsp3) is 0.227. The fourth-order valence-corrected chi connectivity index (χ4v) is 4.14. The van der Waals surface area contributed by atoms with Gasteiger partial charge in [-0.05, 0) is 12.1 Å². The summed E-state index contributed by atoms with van der Waals surface area (Å²) in [5, 5.41) is 4.84. The van der Waals surface area contributed by atoms with E-state index in [4.69, 9.17) is 4.42 Å². The van der Waals surface area contributed by atoms with E-state index in [2.05, 4.69) is 10.5 Å². The lowest BCUT2D eigenvalue weighted by atomic mass is 10.1. The van der Waals surface area contributed by atoms with Gasteiger partial charge in [-0.1, -0.05) is 30.3 Å². The van der Waals surface area contributed by atoms with Crippen LogP contribution >= 0.6 is 11.8 Å². The van der Waals surface area contributed by atoms with Gasteiger partial charge in [-0.3, -0.25) is 15.0 Å². The van der Waals surface area contributed by atoms with Crippen LogP contribution in [-0.4, -0.2) is 41.1 Å². The maximum absolute atomic E-state index is 12.5. The number of hydrazone groups is 1. The Morgan fingerprint density at radius 1 is 1.10 bits per heavy atom. The molecule has 2 heterocycles. The summed E-state index contributed by atoms with van der Waals surface area (Å²) in [6.07, 6.45) is 0. The number of thioether (sulfide) groups is 1. The van der Waals surface area contributed by atoms with Crippen molar-refractivity contribution in [3.05, 3.63) is 64.8 Å². The molecule has 1 N–H and O–H groups in total. The fourth-order valence-electron chi connectivity index (χ4n) is 3.23. The van der Waals surface area contributed by atoms with Gasteiger partial charge >= 0.3 is 0 Å². The van der Waals surface area contributed by atoms with Gasteiger partial charge in [0.2, 0.25) is 0 Å². The highest BCUT2D eigenvalue weighted by atomic mass is 32.2. The number of Topliss-reactive ketones (excluding diaryl/α,β-unsaturated/α-hetero) is 1. The van der Waals surface area contributed by atoms with E-state index in [-0.39, 0.29) is 11.2 Å². The van der Waals surface area contributed by atoms with Crippen LogP contribution in [0, 0.1) is 0 Å². The van der Waals surface area contributed by atoms with E-state index in [0.29, 0.717) is 28.3 Å². The van der Waals surface area contributed by atoms with Crippen LogP contribution in [-0.2, 0) is 4.79 Å². The topological polar surface area (TPSA) is 74.9 Å². The SMILES string of the molecule is CC(=O)/C(=N/Nc1ccc2c(=O)cc(-c3ccccc3)oc2c1)N1CCSCC1. The zero-order valence-electron chi connectivity index (χ0n) is 16.1. The second kappa shape index (κ2) is 8.53. The molecule has 0 spiro atoms. The van der Waals surface area contributed by atoms with Crippen molar-refractivity contribution in [2.75, 3.05) is 30.0 Å². The largest absolute Gasteiger partial charge is 0.456 e. The Hall–Kier alpha value is -3.06. The molecule has 1 aliphatic rings. The summed E-state index contributed by atoms with van der Waals surface area (Å²) in [7, 11) is 0. The Bertz CT molecular complexity index is 1120. The van der Waals surface area contributed by atoms with Gasteiger partial charge in [-0.2, -0.15) is 16.9 Å². The summed E-state index contributed by atoms with van der Waals surface area (Å²) >= 11 is 1.87. The Labute approximate surface area is 172 Å².